The number of hydrogen-bond donors (Lipinski definition) is 1. The zero-order chi connectivity index (χ0) is 10.8. The van der Waals surface area contributed by atoms with Crippen molar-refractivity contribution in [2.75, 3.05) is 6.54 Å². The van der Waals surface area contributed by atoms with Crippen molar-refractivity contribution in [1.29, 1.82) is 0 Å². The van der Waals surface area contributed by atoms with E-state index in [1.54, 1.807) is 0 Å². The second-order valence-electron chi connectivity index (χ2n) is 4.67. The molecule has 1 heterocycles. The highest BCUT2D eigenvalue weighted by Gasteiger charge is 2.30. The van der Waals surface area contributed by atoms with Crippen LogP contribution in [0.3, 0.4) is 0 Å². The summed E-state index contributed by atoms with van der Waals surface area (Å²) in [7, 11) is 0. The molecule has 0 aliphatic heterocycles. The van der Waals surface area contributed by atoms with Crippen LogP contribution in [0.4, 0.5) is 0 Å². The Bertz CT molecular complexity index is 326. The highest BCUT2D eigenvalue weighted by Crippen LogP contribution is 2.39. The van der Waals surface area contributed by atoms with Crippen molar-refractivity contribution >= 4 is 0 Å². The molecule has 1 saturated carbocycles. The van der Waals surface area contributed by atoms with Crippen LogP contribution in [0.1, 0.15) is 43.5 Å². The summed E-state index contributed by atoms with van der Waals surface area (Å²) < 4.78 is 2.20. The number of nitrogens with zero attached hydrogens (tertiary/aromatic N) is 2. The zero-order valence-electron chi connectivity index (χ0n) is 9.74. The summed E-state index contributed by atoms with van der Waals surface area (Å²) in [5.74, 6) is 0.867. The predicted molar refractivity (Wildman–Crippen MR) is 61.8 cm³/mol. The Labute approximate surface area is 91.7 Å². The normalized spacial score (nSPS) is 18.1. The lowest BCUT2D eigenvalue weighted by molar-refractivity contribution is 0.430. The van der Waals surface area contributed by atoms with Gasteiger partial charge >= 0.3 is 0 Å². The van der Waals surface area contributed by atoms with E-state index in [2.05, 4.69) is 23.6 Å². The molecular formula is C12H21N3. The SMILES string of the molecule is Cc1c(CCCN)cnn1C(C)C1CC1. The largest absolute Gasteiger partial charge is 0.330 e. The Kier molecular flexibility index (Phi) is 3.10. The van der Waals surface area contributed by atoms with Gasteiger partial charge in [-0.05, 0) is 57.6 Å². The second kappa shape index (κ2) is 4.35. The molecule has 1 fully saturated rings. The van der Waals surface area contributed by atoms with Gasteiger partial charge in [-0.2, -0.15) is 5.10 Å². The lowest BCUT2D eigenvalue weighted by atomic mass is 10.1. The molecule has 0 radical (unpaired) electrons. The Balaban J connectivity index is 2.08. The van der Waals surface area contributed by atoms with Crippen LogP contribution in [0.15, 0.2) is 6.20 Å². The molecule has 1 unspecified atom stereocenters. The Morgan fingerprint density at radius 1 is 1.60 bits per heavy atom. The molecule has 1 aromatic heterocycles. The van der Waals surface area contributed by atoms with Gasteiger partial charge in [0.2, 0.25) is 0 Å². The summed E-state index contributed by atoms with van der Waals surface area (Å²) >= 11 is 0. The van der Waals surface area contributed by atoms with E-state index in [0.717, 1.165) is 25.3 Å². The van der Waals surface area contributed by atoms with E-state index in [1.807, 2.05) is 6.20 Å². The quantitative estimate of drug-likeness (QED) is 0.803. The number of hydrogen-bond acceptors (Lipinski definition) is 2. The van der Waals surface area contributed by atoms with Gasteiger partial charge in [0.05, 0.1) is 12.2 Å². The molecule has 1 atom stereocenters. The van der Waals surface area contributed by atoms with Crippen LogP contribution in [-0.4, -0.2) is 16.3 Å². The van der Waals surface area contributed by atoms with Crippen LogP contribution in [0.25, 0.3) is 0 Å². The van der Waals surface area contributed by atoms with E-state index in [1.165, 1.54) is 24.1 Å². The highest BCUT2D eigenvalue weighted by atomic mass is 15.3. The molecule has 0 aromatic carbocycles. The van der Waals surface area contributed by atoms with Crippen molar-refractivity contribution in [2.45, 2.75) is 45.6 Å². The van der Waals surface area contributed by atoms with Crippen LogP contribution in [-0.2, 0) is 6.42 Å². The summed E-state index contributed by atoms with van der Waals surface area (Å²) in [6.07, 6.45) is 6.89. The monoisotopic (exact) mass is 207 g/mol. The minimum Gasteiger partial charge on any atom is -0.330 e. The van der Waals surface area contributed by atoms with Gasteiger partial charge in [-0.25, -0.2) is 0 Å². The number of nitrogens with two attached hydrogens (primary N) is 1. The summed E-state index contributed by atoms with van der Waals surface area (Å²) in [6, 6.07) is 0.580. The van der Waals surface area contributed by atoms with E-state index in [-0.39, 0.29) is 0 Å². The number of aryl methyl sites for hydroxylation is 1. The lowest BCUT2D eigenvalue weighted by Crippen LogP contribution is -2.11. The molecule has 0 amide bonds. The summed E-state index contributed by atoms with van der Waals surface area (Å²) in [5, 5.41) is 4.51. The van der Waals surface area contributed by atoms with E-state index in [9.17, 15) is 0 Å². The molecule has 15 heavy (non-hydrogen) atoms. The Morgan fingerprint density at radius 3 is 2.93 bits per heavy atom. The van der Waals surface area contributed by atoms with Crippen molar-refractivity contribution in [3.05, 3.63) is 17.5 Å². The maximum atomic E-state index is 5.52. The summed E-state index contributed by atoms with van der Waals surface area (Å²) in [5.41, 5.74) is 8.23. The predicted octanol–water partition coefficient (Wildman–Crippen LogP) is 2.05. The third kappa shape index (κ3) is 2.23. The molecule has 0 bridgehead atoms. The standard InChI is InChI=1S/C12H21N3/c1-9(11-5-6-11)15-10(2)12(8-14-15)4-3-7-13/h8-9,11H,3-7,13H2,1-2H3. The summed E-state index contributed by atoms with van der Waals surface area (Å²) in [6.45, 7) is 5.23. The van der Waals surface area contributed by atoms with Gasteiger partial charge in [0, 0.05) is 5.69 Å². The molecular weight excluding hydrogens is 186 g/mol. The van der Waals surface area contributed by atoms with Crippen LogP contribution >= 0.6 is 0 Å². The van der Waals surface area contributed by atoms with Crippen LogP contribution in [0.2, 0.25) is 0 Å². The molecule has 0 spiro atoms. The van der Waals surface area contributed by atoms with Gasteiger partial charge in [-0.15, -0.1) is 0 Å². The van der Waals surface area contributed by atoms with Crippen molar-refractivity contribution in [3.63, 3.8) is 0 Å². The van der Waals surface area contributed by atoms with Crippen molar-refractivity contribution in [1.82, 2.24) is 9.78 Å². The van der Waals surface area contributed by atoms with Crippen molar-refractivity contribution < 1.29 is 0 Å². The first-order chi connectivity index (χ1) is 7.24. The number of aromatic nitrogens is 2. The molecule has 3 nitrogen and oxygen atoms in total. The van der Waals surface area contributed by atoms with Gasteiger partial charge in [-0.1, -0.05) is 0 Å². The lowest BCUT2D eigenvalue weighted by Gasteiger charge is -2.13. The second-order valence-corrected chi connectivity index (χ2v) is 4.67. The smallest absolute Gasteiger partial charge is 0.0524 e. The van der Waals surface area contributed by atoms with Crippen LogP contribution in [0.5, 0.6) is 0 Å². The average Bonchev–Trinajstić information content (AvgIpc) is 3.01. The van der Waals surface area contributed by atoms with Gasteiger partial charge in [0.15, 0.2) is 0 Å². The third-order valence-electron chi connectivity index (χ3n) is 3.49. The minimum absolute atomic E-state index is 0.580. The first-order valence-electron chi connectivity index (χ1n) is 5.97. The van der Waals surface area contributed by atoms with Crippen LogP contribution < -0.4 is 5.73 Å². The van der Waals surface area contributed by atoms with Crippen LogP contribution in [0, 0.1) is 12.8 Å². The van der Waals surface area contributed by atoms with E-state index < -0.39 is 0 Å². The molecule has 1 aliphatic rings. The average molecular weight is 207 g/mol. The Hall–Kier alpha value is -0.830. The van der Waals surface area contributed by atoms with E-state index in [0.29, 0.717) is 6.04 Å². The molecule has 1 aliphatic carbocycles. The van der Waals surface area contributed by atoms with Gasteiger partial charge in [0.1, 0.15) is 0 Å². The molecule has 84 valence electrons. The molecule has 2 N–H and O–H groups in total. The highest BCUT2D eigenvalue weighted by molar-refractivity contribution is 5.17. The first kappa shape index (κ1) is 10.7. The fraction of sp³-hybridized carbons (Fsp3) is 0.750. The maximum Gasteiger partial charge on any atom is 0.0524 e. The molecule has 0 saturated heterocycles. The molecule has 2 rings (SSSR count). The topological polar surface area (TPSA) is 43.8 Å². The van der Waals surface area contributed by atoms with Gasteiger partial charge in [0.25, 0.3) is 0 Å². The van der Waals surface area contributed by atoms with E-state index in [4.69, 9.17) is 5.73 Å². The molecule has 3 heteroatoms. The molecule has 1 aromatic rings. The zero-order valence-corrected chi connectivity index (χ0v) is 9.74. The fourth-order valence-corrected chi connectivity index (χ4v) is 2.19. The van der Waals surface area contributed by atoms with Gasteiger partial charge in [-0.3, -0.25) is 4.68 Å². The van der Waals surface area contributed by atoms with Crippen molar-refractivity contribution in [3.8, 4) is 0 Å². The maximum absolute atomic E-state index is 5.52. The number of rotatable bonds is 5. The fourth-order valence-electron chi connectivity index (χ4n) is 2.19. The van der Waals surface area contributed by atoms with Crippen molar-refractivity contribution in [2.24, 2.45) is 11.7 Å². The first-order valence-corrected chi connectivity index (χ1v) is 5.97. The van der Waals surface area contributed by atoms with E-state index >= 15 is 0 Å². The third-order valence-corrected chi connectivity index (χ3v) is 3.49. The van der Waals surface area contributed by atoms with Gasteiger partial charge < -0.3 is 5.73 Å². The Morgan fingerprint density at radius 2 is 2.33 bits per heavy atom. The minimum atomic E-state index is 0.580. The summed E-state index contributed by atoms with van der Waals surface area (Å²) in [4.78, 5) is 0.